The van der Waals surface area contributed by atoms with E-state index in [9.17, 15) is 13.6 Å². The molecule has 0 atom stereocenters. The average molecular weight is 521 g/mol. The Hall–Kier alpha value is -4.61. The second-order valence-electron chi connectivity index (χ2n) is 8.85. The van der Waals surface area contributed by atoms with Gasteiger partial charge in [0.05, 0.1) is 5.39 Å². The van der Waals surface area contributed by atoms with Gasteiger partial charge in [0, 0.05) is 37.8 Å². The number of hydrogen-bond acceptors (Lipinski definition) is 7. The van der Waals surface area contributed by atoms with Crippen molar-refractivity contribution in [2.45, 2.75) is 38.6 Å². The zero-order valence-electron chi connectivity index (χ0n) is 21.5. The van der Waals surface area contributed by atoms with Crippen LogP contribution in [0, 0.1) is 37.3 Å². The summed E-state index contributed by atoms with van der Waals surface area (Å²) >= 11 is 0. The van der Waals surface area contributed by atoms with E-state index in [2.05, 4.69) is 45.7 Å². The first kappa shape index (κ1) is 29.6. The van der Waals surface area contributed by atoms with Gasteiger partial charge in [-0.3, -0.25) is 9.78 Å². The number of carbonyl (C=O) groups is 1. The summed E-state index contributed by atoms with van der Waals surface area (Å²) in [7, 11) is 1.72. The van der Waals surface area contributed by atoms with E-state index in [-0.39, 0.29) is 28.4 Å². The lowest BCUT2D eigenvalue weighted by Gasteiger charge is -2.20. The van der Waals surface area contributed by atoms with E-state index in [0.29, 0.717) is 37.3 Å². The molecule has 198 valence electrons. The Bertz CT molecular complexity index is 1450. The van der Waals surface area contributed by atoms with Crippen molar-refractivity contribution in [3.63, 3.8) is 0 Å². The highest BCUT2D eigenvalue weighted by Crippen LogP contribution is 2.23. The zero-order valence-corrected chi connectivity index (χ0v) is 21.5. The van der Waals surface area contributed by atoms with E-state index < -0.39 is 17.2 Å². The molecule has 0 unspecified atom stereocenters. The standard InChI is InChI=1S/C23H26F2N8O.2C2H2/c1-23(2,27)13-7-8-17(28-12-13)21(34)32(3)9-5-4-6-18-29-20-15-10-14(24)11-16(25)19(15)30-22(26)33(20)31-18;2*1-2/h7-8,10-12H,4-6,9,27H2,1-3H3,(H2,26,30);2*1-2H. The van der Waals surface area contributed by atoms with E-state index in [0.717, 1.165) is 17.7 Å². The van der Waals surface area contributed by atoms with Gasteiger partial charge in [0.2, 0.25) is 5.95 Å². The fourth-order valence-corrected chi connectivity index (χ4v) is 3.64. The summed E-state index contributed by atoms with van der Waals surface area (Å²) in [6.07, 6.45) is 19.5. The Morgan fingerprint density at radius 1 is 1.11 bits per heavy atom. The third kappa shape index (κ3) is 6.58. The van der Waals surface area contributed by atoms with Crippen LogP contribution in [-0.2, 0) is 12.0 Å². The third-order valence-electron chi connectivity index (χ3n) is 5.58. The molecular formula is C27H30F2N8O. The molecular weight excluding hydrogens is 490 g/mol. The number of fused-ring (bicyclic) bond motifs is 3. The van der Waals surface area contributed by atoms with Crippen LogP contribution < -0.4 is 11.5 Å². The molecule has 4 aromatic rings. The molecule has 1 aromatic carbocycles. The zero-order chi connectivity index (χ0) is 28.6. The SMILES string of the molecule is C#C.C#C.CN(CCCCc1nc2c3cc(F)cc(F)c3nc(N)n2n1)C(=O)c1ccc(C(C)(C)N)cn1. The second-order valence-corrected chi connectivity index (χ2v) is 8.85. The third-order valence-corrected chi connectivity index (χ3v) is 5.58. The Kier molecular flexibility index (Phi) is 9.80. The molecule has 3 heterocycles. The van der Waals surface area contributed by atoms with Gasteiger partial charge in [0.25, 0.3) is 5.91 Å². The van der Waals surface area contributed by atoms with Crippen molar-refractivity contribution in [2.75, 3.05) is 19.3 Å². The molecule has 0 saturated heterocycles. The van der Waals surface area contributed by atoms with Gasteiger partial charge in [-0.2, -0.15) is 4.52 Å². The minimum absolute atomic E-state index is 0.0337. The summed E-state index contributed by atoms with van der Waals surface area (Å²) < 4.78 is 29.1. The maximum atomic E-state index is 14.1. The van der Waals surface area contributed by atoms with Crippen molar-refractivity contribution in [3.8, 4) is 25.7 Å². The number of aryl methyl sites for hydroxylation is 1. The Morgan fingerprint density at radius 2 is 1.79 bits per heavy atom. The summed E-state index contributed by atoms with van der Waals surface area (Å²) in [5.74, 6) is -1.28. The van der Waals surface area contributed by atoms with Gasteiger partial charge < -0.3 is 16.4 Å². The molecule has 4 rings (SSSR count). The van der Waals surface area contributed by atoms with Gasteiger partial charge in [-0.15, -0.1) is 30.8 Å². The van der Waals surface area contributed by atoms with E-state index in [1.807, 2.05) is 19.9 Å². The van der Waals surface area contributed by atoms with Crippen LogP contribution >= 0.6 is 0 Å². The van der Waals surface area contributed by atoms with Crippen LogP contribution in [-0.4, -0.2) is 49.0 Å². The Balaban J connectivity index is 0.00000121. The Morgan fingerprint density at radius 3 is 2.39 bits per heavy atom. The van der Waals surface area contributed by atoms with Gasteiger partial charge in [-0.1, -0.05) is 6.07 Å². The first-order valence-electron chi connectivity index (χ1n) is 11.5. The van der Waals surface area contributed by atoms with Crippen LogP contribution in [0.25, 0.3) is 16.6 Å². The van der Waals surface area contributed by atoms with Crippen LogP contribution in [0.15, 0.2) is 30.5 Å². The molecule has 0 aliphatic carbocycles. The Labute approximate surface area is 220 Å². The molecule has 38 heavy (non-hydrogen) atoms. The van der Waals surface area contributed by atoms with Crippen LogP contribution in [0.2, 0.25) is 0 Å². The quantitative estimate of drug-likeness (QED) is 0.283. The first-order valence-corrected chi connectivity index (χ1v) is 11.5. The molecule has 9 nitrogen and oxygen atoms in total. The monoisotopic (exact) mass is 520 g/mol. The number of halogens is 2. The number of unbranched alkanes of at least 4 members (excludes halogenated alkanes) is 1. The molecule has 1 amide bonds. The van der Waals surface area contributed by atoms with Crippen LogP contribution in [0.1, 0.15) is 48.6 Å². The minimum atomic E-state index is -0.808. The van der Waals surface area contributed by atoms with E-state index in [1.54, 1.807) is 24.2 Å². The average Bonchev–Trinajstić information content (AvgIpc) is 3.34. The predicted molar refractivity (Wildman–Crippen MR) is 144 cm³/mol. The minimum Gasteiger partial charge on any atom is -0.368 e. The molecule has 0 aliphatic rings. The maximum Gasteiger partial charge on any atom is 0.272 e. The van der Waals surface area contributed by atoms with Crippen LogP contribution in [0.4, 0.5) is 14.7 Å². The lowest BCUT2D eigenvalue weighted by Crippen LogP contribution is -2.30. The molecule has 0 radical (unpaired) electrons. The highest BCUT2D eigenvalue weighted by atomic mass is 19.1. The van der Waals surface area contributed by atoms with Crippen molar-refractivity contribution in [3.05, 3.63) is 59.2 Å². The lowest BCUT2D eigenvalue weighted by molar-refractivity contribution is 0.0787. The number of terminal acetylenes is 2. The number of aromatic nitrogens is 5. The van der Waals surface area contributed by atoms with Crippen molar-refractivity contribution in [2.24, 2.45) is 5.73 Å². The lowest BCUT2D eigenvalue weighted by atomic mass is 9.97. The number of rotatable bonds is 7. The maximum absolute atomic E-state index is 14.1. The number of benzene rings is 1. The van der Waals surface area contributed by atoms with Crippen molar-refractivity contribution in [1.29, 1.82) is 0 Å². The molecule has 4 N–H and O–H groups in total. The van der Waals surface area contributed by atoms with Gasteiger partial charge in [0.1, 0.15) is 17.0 Å². The number of nitrogens with zero attached hydrogens (tertiary/aromatic N) is 6. The first-order chi connectivity index (χ1) is 18.0. The van der Waals surface area contributed by atoms with Gasteiger partial charge >= 0.3 is 0 Å². The largest absolute Gasteiger partial charge is 0.368 e. The number of amides is 1. The fourth-order valence-electron chi connectivity index (χ4n) is 3.64. The number of hydrogen-bond donors (Lipinski definition) is 2. The van der Waals surface area contributed by atoms with Crippen molar-refractivity contribution in [1.82, 2.24) is 29.5 Å². The van der Waals surface area contributed by atoms with E-state index in [1.165, 1.54) is 4.52 Å². The van der Waals surface area contributed by atoms with Gasteiger partial charge in [0.15, 0.2) is 17.3 Å². The van der Waals surface area contributed by atoms with Gasteiger partial charge in [-0.05, 0) is 44.4 Å². The second kappa shape index (κ2) is 12.6. The summed E-state index contributed by atoms with van der Waals surface area (Å²) in [4.78, 5) is 26.9. The highest BCUT2D eigenvalue weighted by molar-refractivity contribution is 5.93. The van der Waals surface area contributed by atoms with Crippen molar-refractivity contribution < 1.29 is 13.6 Å². The highest BCUT2D eigenvalue weighted by Gasteiger charge is 2.18. The van der Waals surface area contributed by atoms with Gasteiger partial charge in [-0.25, -0.2) is 18.7 Å². The number of carbonyl (C=O) groups excluding carboxylic acids is 1. The number of pyridine rings is 1. The summed E-state index contributed by atoms with van der Waals surface area (Å²) in [5.41, 5.74) is 12.8. The summed E-state index contributed by atoms with van der Waals surface area (Å²) in [5, 5.41) is 4.52. The topological polar surface area (TPSA) is 128 Å². The number of nitrogens with two attached hydrogens (primary N) is 2. The predicted octanol–water partition coefficient (Wildman–Crippen LogP) is 3.32. The van der Waals surface area contributed by atoms with E-state index in [4.69, 9.17) is 11.5 Å². The van der Waals surface area contributed by atoms with Crippen LogP contribution in [0.5, 0.6) is 0 Å². The number of nitrogen functional groups attached to an aromatic ring is 1. The fraction of sp³-hybridized carbons (Fsp3) is 0.296. The summed E-state index contributed by atoms with van der Waals surface area (Å²) in [6.45, 7) is 4.26. The number of anilines is 1. The summed E-state index contributed by atoms with van der Waals surface area (Å²) in [6, 6.07) is 5.40. The molecule has 11 heteroatoms. The molecule has 0 fully saturated rings. The smallest absolute Gasteiger partial charge is 0.272 e. The van der Waals surface area contributed by atoms with Crippen LogP contribution in [0.3, 0.4) is 0 Å². The van der Waals surface area contributed by atoms with E-state index >= 15 is 0 Å². The molecule has 0 spiro atoms. The molecule has 0 aliphatic heterocycles. The van der Waals surface area contributed by atoms with Crippen molar-refractivity contribution >= 4 is 28.4 Å². The molecule has 3 aromatic heterocycles. The molecule has 0 saturated carbocycles. The normalized spacial score (nSPS) is 10.8. The molecule has 0 bridgehead atoms.